The molecule has 0 radical (unpaired) electrons. The zero-order valence-corrected chi connectivity index (χ0v) is 11.3. The van der Waals surface area contributed by atoms with Gasteiger partial charge in [0, 0.05) is 0 Å². The van der Waals surface area contributed by atoms with Gasteiger partial charge in [-0.3, -0.25) is 0 Å². The van der Waals surface area contributed by atoms with Gasteiger partial charge in [0.1, 0.15) is 0 Å². The van der Waals surface area contributed by atoms with Crippen LogP contribution in [0.1, 0.15) is 0 Å². The van der Waals surface area contributed by atoms with Crippen molar-refractivity contribution in [2.75, 3.05) is 41.5 Å². The Bertz CT molecular complexity index is 217. The van der Waals surface area contributed by atoms with Crippen molar-refractivity contribution in [1.82, 2.24) is 9.34 Å². The van der Waals surface area contributed by atoms with Crippen LogP contribution in [0.5, 0.6) is 0 Å². The van der Waals surface area contributed by atoms with Crippen molar-refractivity contribution in [1.29, 1.82) is 0 Å². The van der Waals surface area contributed by atoms with Crippen LogP contribution in [0, 0.1) is 0 Å². The van der Waals surface area contributed by atoms with Gasteiger partial charge in [-0.15, -0.1) is 0 Å². The molecule has 0 rings (SSSR count). The van der Waals surface area contributed by atoms with Crippen LogP contribution in [0.2, 0.25) is 0 Å². The first-order chi connectivity index (χ1) is 5.59. The summed E-state index contributed by atoms with van der Waals surface area (Å²) in [6.07, 6.45) is 0. The molecule has 0 saturated carbocycles. The van der Waals surface area contributed by atoms with Crippen molar-refractivity contribution in [2.45, 2.75) is 0 Å². The molecule has 0 aliphatic rings. The van der Waals surface area contributed by atoms with Gasteiger partial charge in [-0.2, -0.15) is 0 Å². The van der Waals surface area contributed by atoms with Crippen LogP contribution < -0.4 is 11.0 Å². The Morgan fingerprint density at radius 1 is 1.23 bits per heavy atom. The van der Waals surface area contributed by atoms with Crippen molar-refractivity contribution >= 4 is 15.1 Å². The van der Waals surface area contributed by atoms with E-state index in [9.17, 15) is 0 Å². The van der Waals surface area contributed by atoms with Crippen LogP contribution in [0.25, 0.3) is 0 Å². The van der Waals surface area contributed by atoms with Gasteiger partial charge >= 0.3 is 81.5 Å². The van der Waals surface area contributed by atoms with Crippen molar-refractivity contribution in [2.24, 2.45) is 15.5 Å². The molecule has 0 aliphatic carbocycles. The summed E-state index contributed by atoms with van der Waals surface area (Å²) in [5, 5.41) is 0. The molecule has 0 bridgehead atoms. The van der Waals surface area contributed by atoms with E-state index in [-0.39, 0.29) is 0 Å². The van der Waals surface area contributed by atoms with Gasteiger partial charge in [0.05, 0.1) is 0 Å². The topological polar surface area (TPSA) is 70.9 Å². The molecule has 82 valence electrons. The Balaban J connectivity index is 4.93. The Labute approximate surface area is 82.1 Å². The van der Waals surface area contributed by atoms with Gasteiger partial charge in [0.15, 0.2) is 0 Å². The Morgan fingerprint density at radius 3 is 1.85 bits per heavy atom. The van der Waals surface area contributed by atoms with E-state index in [4.69, 9.17) is 11.0 Å². The second-order valence-corrected chi connectivity index (χ2v) is 10.6. The first-order valence-corrected chi connectivity index (χ1v) is 8.81. The monoisotopic (exact) mass is 227 g/mol. The predicted molar refractivity (Wildman–Crippen MR) is 65.3 cm³/mol. The molecule has 1 atom stereocenters. The summed E-state index contributed by atoms with van der Waals surface area (Å²) in [6.45, 7) is 3.95. The molecule has 4 N–H and O–H groups in total. The van der Waals surface area contributed by atoms with E-state index in [2.05, 4.69) is 4.52 Å². The van der Waals surface area contributed by atoms with E-state index in [1.54, 1.807) is 0 Å². The van der Waals surface area contributed by atoms with Gasteiger partial charge in [0.25, 0.3) is 0 Å². The molecule has 5 nitrogen and oxygen atoms in total. The molecule has 0 amide bonds. The first-order valence-electron chi connectivity index (χ1n) is 4.13. The third-order valence-corrected chi connectivity index (χ3v) is 8.79. The van der Waals surface area contributed by atoms with Crippen LogP contribution >= 0.6 is 15.1 Å². The summed E-state index contributed by atoms with van der Waals surface area (Å²) in [5.74, 6) is 0. The SMILES string of the molecule is CN(C)P(C)(N)=N[PH](C)(N)N(C)C. The van der Waals surface area contributed by atoms with Gasteiger partial charge in [0.2, 0.25) is 0 Å². The van der Waals surface area contributed by atoms with Crippen LogP contribution in [0.15, 0.2) is 4.52 Å². The fraction of sp³-hybridized carbons (Fsp3) is 1.00. The summed E-state index contributed by atoms with van der Waals surface area (Å²) in [6, 6.07) is 0. The zero-order valence-electron chi connectivity index (χ0n) is 9.44. The Hall–Kier alpha value is 0.500. The van der Waals surface area contributed by atoms with Crippen LogP contribution in [0.3, 0.4) is 0 Å². The average Bonchev–Trinajstić information content (AvgIpc) is 1.83. The van der Waals surface area contributed by atoms with E-state index in [1.165, 1.54) is 0 Å². The maximum absolute atomic E-state index is 6.10. The predicted octanol–water partition coefficient (Wildman–Crippen LogP) is 0.813. The van der Waals surface area contributed by atoms with E-state index in [0.717, 1.165) is 0 Å². The van der Waals surface area contributed by atoms with E-state index in [0.29, 0.717) is 0 Å². The Kier molecular flexibility index (Phi) is 4.51. The van der Waals surface area contributed by atoms with Gasteiger partial charge < -0.3 is 0 Å². The standard InChI is InChI=1S/C6H23N5P2/c1-10(2)12(5,7)9-13(6,8)11(3)4/h12H,7-8H2,1-6H3. The summed E-state index contributed by atoms with van der Waals surface area (Å²) in [5.41, 5.74) is 12.2. The van der Waals surface area contributed by atoms with Crippen LogP contribution in [-0.4, -0.2) is 50.9 Å². The molecule has 7 heteroatoms. The van der Waals surface area contributed by atoms with Crippen LogP contribution in [-0.2, 0) is 0 Å². The molecule has 0 saturated heterocycles. The van der Waals surface area contributed by atoms with Gasteiger partial charge in [-0.05, 0) is 0 Å². The van der Waals surface area contributed by atoms with Crippen molar-refractivity contribution < 1.29 is 0 Å². The Morgan fingerprint density at radius 2 is 1.62 bits per heavy atom. The van der Waals surface area contributed by atoms with Crippen molar-refractivity contribution in [3.05, 3.63) is 0 Å². The molecule has 0 aromatic carbocycles. The molecule has 0 spiro atoms. The summed E-state index contributed by atoms with van der Waals surface area (Å²) < 4.78 is 8.55. The van der Waals surface area contributed by atoms with E-state index in [1.807, 2.05) is 50.9 Å². The number of hydrogen-bond acceptors (Lipinski definition) is 3. The van der Waals surface area contributed by atoms with Gasteiger partial charge in [-0.1, -0.05) is 0 Å². The molecule has 0 heterocycles. The second kappa shape index (κ2) is 4.35. The molecule has 0 aromatic heterocycles. The van der Waals surface area contributed by atoms with E-state index >= 15 is 0 Å². The summed E-state index contributed by atoms with van der Waals surface area (Å²) >= 11 is 0. The zero-order chi connectivity index (χ0) is 10.9. The molecule has 0 fully saturated rings. The average molecular weight is 227 g/mol. The molecule has 0 aromatic rings. The van der Waals surface area contributed by atoms with Gasteiger partial charge in [-0.25, -0.2) is 0 Å². The number of rotatable bonds is 3. The normalized spacial score (nSPS) is 18.9. The third-order valence-electron chi connectivity index (χ3n) is 2.12. The molecule has 0 aliphatic heterocycles. The first kappa shape index (κ1) is 13.5. The third kappa shape index (κ3) is 4.03. The van der Waals surface area contributed by atoms with E-state index < -0.39 is 15.1 Å². The maximum atomic E-state index is 6.10. The van der Waals surface area contributed by atoms with Crippen molar-refractivity contribution in [3.63, 3.8) is 0 Å². The fourth-order valence-electron chi connectivity index (χ4n) is 0.589. The molecular formula is C6H23N5P2. The summed E-state index contributed by atoms with van der Waals surface area (Å²) in [4.78, 5) is 0. The number of nitrogens with zero attached hydrogens (tertiary/aromatic N) is 3. The molecular weight excluding hydrogens is 204 g/mol. The number of hydrogen-bond donors (Lipinski definition) is 2. The minimum atomic E-state index is -2.14. The molecule has 13 heavy (non-hydrogen) atoms. The molecule has 1 unspecified atom stereocenters. The number of nitrogens with two attached hydrogens (primary N) is 2. The quantitative estimate of drug-likeness (QED) is 0.700. The van der Waals surface area contributed by atoms with Crippen molar-refractivity contribution in [3.8, 4) is 0 Å². The second-order valence-electron chi connectivity index (χ2n) is 3.91. The fourth-order valence-corrected chi connectivity index (χ4v) is 5.30. The minimum absolute atomic E-state index is 1.84. The summed E-state index contributed by atoms with van der Waals surface area (Å²) in [7, 11) is 3.81. The van der Waals surface area contributed by atoms with Crippen LogP contribution in [0.4, 0.5) is 0 Å².